The van der Waals surface area contributed by atoms with Crippen LogP contribution in [0.1, 0.15) is 156 Å². The van der Waals surface area contributed by atoms with Gasteiger partial charge in [-0.05, 0) is 6.42 Å². The van der Waals surface area contributed by atoms with Crippen molar-refractivity contribution in [2.24, 2.45) is 0 Å². The molecule has 0 aromatic carbocycles. The van der Waals surface area contributed by atoms with Gasteiger partial charge in [0.05, 0.1) is 14.1 Å². The summed E-state index contributed by atoms with van der Waals surface area (Å²) in [6, 6.07) is 0. The number of nitrogens with one attached hydrogen (secondary N) is 1. The number of aliphatic hydroxyl groups excluding tert-OH is 1. The maximum absolute atomic E-state index is 12.3. The fraction of sp³-hybridized carbons (Fsp3) is 0.966. The third-order valence-corrected chi connectivity index (χ3v) is 7.49. The Morgan fingerprint density at radius 2 is 1.00 bits per heavy atom. The number of rotatable bonds is 24. The molecule has 0 radical (unpaired) electrons. The maximum Gasteiger partial charge on any atom is 0.224 e. The minimum Gasteiger partial charge on any atom is -1.00 e. The lowest BCUT2D eigenvalue weighted by atomic mass is 10.0. The minimum atomic E-state index is -0.495. The van der Waals surface area contributed by atoms with E-state index in [1.54, 1.807) is 6.92 Å². The fourth-order valence-corrected chi connectivity index (χ4v) is 4.62. The normalized spacial score (nSPS) is 13.4. The zero-order valence-electron chi connectivity index (χ0n) is 23.7. The molecular formula is C29H61ClN2O2. The standard InChI is InChI=1S/C29H60N2O2.ClH/c1-6-8-9-10-11-12-13-14-15-16-17-18-19-20-21-22-23-24-25-26-29(33)30-28(7-2)31(4,5)27(3)32;/h27-28,32H,6-26H2,1-5H3;1H. The van der Waals surface area contributed by atoms with Crippen LogP contribution in [-0.2, 0) is 4.79 Å². The molecular weight excluding hydrogens is 444 g/mol. The molecule has 2 unspecified atom stereocenters. The van der Waals surface area contributed by atoms with Gasteiger partial charge in [0.25, 0.3) is 0 Å². The van der Waals surface area contributed by atoms with Crippen molar-refractivity contribution in [1.29, 1.82) is 0 Å². The molecule has 1 amide bonds. The highest BCUT2D eigenvalue weighted by atomic mass is 35.5. The van der Waals surface area contributed by atoms with Gasteiger partial charge in [-0.2, -0.15) is 0 Å². The van der Waals surface area contributed by atoms with E-state index in [9.17, 15) is 9.90 Å². The molecule has 4 nitrogen and oxygen atoms in total. The molecule has 2 N–H and O–H groups in total. The number of quaternary nitrogens is 1. The Morgan fingerprint density at radius 3 is 1.29 bits per heavy atom. The number of nitrogens with zero attached hydrogens (tertiary/aromatic N) is 1. The summed E-state index contributed by atoms with van der Waals surface area (Å²) in [5.74, 6) is 0.126. The van der Waals surface area contributed by atoms with Gasteiger partial charge >= 0.3 is 0 Å². The van der Waals surface area contributed by atoms with Gasteiger partial charge < -0.3 is 22.8 Å². The van der Waals surface area contributed by atoms with E-state index in [2.05, 4.69) is 19.2 Å². The van der Waals surface area contributed by atoms with Crippen LogP contribution in [0.2, 0.25) is 0 Å². The molecule has 0 aliphatic rings. The van der Waals surface area contributed by atoms with Crippen LogP contribution in [0.15, 0.2) is 0 Å². The average molecular weight is 505 g/mol. The molecule has 0 aromatic heterocycles. The molecule has 0 fully saturated rings. The van der Waals surface area contributed by atoms with Crippen molar-refractivity contribution in [3.63, 3.8) is 0 Å². The van der Waals surface area contributed by atoms with Crippen LogP contribution in [0.25, 0.3) is 0 Å². The zero-order chi connectivity index (χ0) is 24.8. The number of hydrogen-bond acceptors (Lipinski definition) is 2. The average Bonchev–Trinajstić information content (AvgIpc) is 2.78. The Labute approximate surface area is 220 Å². The number of carbonyl (C=O) groups is 1. The first-order valence-electron chi connectivity index (χ1n) is 14.7. The third kappa shape index (κ3) is 19.9. The second kappa shape index (κ2) is 24.4. The largest absolute Gasteiger partial charge is 1.00 e. The van der Waals surface area contributed by atoms with Crippen molar-refractivity contribution in [2.45, 2.75) is 168 Å². The molecule has 34 heavy (non-hydrogen) atoms. The van der Waals surface area contributed by atoms with Crippen LogP contribution < -0.4 is 17.7 Å². The second-order valence-electron chi connectivity index (χ2n) is 10.9. The topological polar surface area (TPSA) is 49.3 Å². The number of halogens is 1. The monoisotopic (exact) mass is 504 g/mol. The van der Waals surface area contributed by atoms with Gasteiger partial charge in [0.1, 0.15) is 0 Å². The summed E-state index contributed by atoms with van der Waals surface area (Å²) in [5.41, 5.74) is 0. The Hall–Kier alpha value is -0.320. The van der Waals surface area contributed by atoms with E-state index in [4.69, 9.17) is 0 Å². The van der Waals surface area contributed by atoms with Crippen molar-refractivity contribution in [3.8, 4) is 0 Å². The predicted molar refractivity (Wildman–Crippen MR) is 144 cm³/mol. The summed E-state index contributed by atoms with van der Waals surface area (Å²) in [4.78, 5) is 12.3. The van der Waals surface area contributed by atoms with E-state index in [-0.39, 0.29) is 24.5 Å². The molecule has 0 rings (SSSR count). The zero-order valence-corrected chi connectivity index (χ0v) is 24.4. The first kappa shape index (κ1) is 35.8. The summed E-state index contributed by atoms with van der Waals surface area (Å²) >= 11 is 0. The Morgan fingerprint density at radius 1 is 0.676 bits per heavy atom. The summed E-state index contributed by atoms with van der Waals surface area (Å²) < 4.78 is 0.404. The smallest absolute Gasteiger partial charge is 0.224 e. The highest BCUT2D eigenvalue weighted by Gasteiger charge is 2.32. The highest BCUT2D eigenvalue weighted by molar-refractivity contribution is 5.75. The Kier molecular flexibility index (Phi) is 25.7. The SMILES string of the molecule is CCCCCCCCCCCCCCCCCCCCCC(=O)NC(CC)[N+](C)(C)C(C)O.[Cl-]. The summed E-state index contributed by atoms with van der Waals surface area (Å²) in [6.45, 7) is 6.13. The molecule has 0 aliphatic heterocycles. The summed E-state index contributed by atoms with van der Waals surface area (Å²) in [7, 11) is 3.94. The van der Waals surface area contributed by atoms with E-state index in [1.807, 2.05) is 14.1 Å². The van der Waals surface area contributed by atoms with E-state index in [1.165, 1.54) is 109 Å². The molecule has 0 bridgehead atoms. The van der Waals surface area contributed by atoms with Crippen molar-refractivity contribution in [3.05, 3.63) is 0 Å². The van der Waals surface area contributed by atoms with Crippen LogP contribution in [-0.4, -0.2) is 42.0 Å². The minimum absolute atomic E-state index is 0. The molecule has 0 aliphatic carbocycles. The maximum atomic E-state index is 12.3. The Bertz CT molecular complexity index is 444. The van der Waals surface area contributed by atoms with Gasteiger partial charge in [-0.1, -0.05) is 129 Å². The number of unbranched alkanes of at least 4 members (excludes halogenated alkanes) is 18. The van der Waals surface area contributed by atoms with Crippen molar-refractivity contribution >= 4 is 5.91 Å². The van der Waals surface area contributed by atoms with Gasteiger partial charge in [-0.25, -0.2) is 0 Å². The van der Waals surface area contributed by atoms with Gasteiger partial charge in [-0.15, -0.1) is 0 Å². The lowest BCUT2D eigenvalue weighted by molar-refractivity contribution is -0.959. The number of carbonyl (C=O) groups excluding carboxylic acids is 1. The molecule has 0 heterocycles. The van der Waals surface area contributed by atoms with Crippen LogP contribution in [0.5, 0.6) is 0 Å². The van der Waals surface area contributed by atoms with Crippen LogP contribution in [0, 0.1) is 0 Å². The van der Waals surface area contributed by atoms with Gasteiger partial charge in [0.2, 0.25) is 5.91 Å². The number of hydrogen-bond donors (Lipinski definition) is 2. The van der Waals surface area contributed by atoms with Crippen LogP contribution in [0.4, 0.5) is 0 Å². The quantitative estimate of drug-likeness (QED) is 0.109. The van der Waals surface area contributed by atoms with Gasteiger partial charge in [0, 0.05) is 19.8 Å². The summed E-state index contributed by atoms with van der Waals surface area (Å²) in [6.07, 6.45) is 26.9. The van der Waals surface area contributed by atoms with Crippen LogP contribution in [0.3, 0.4) is 0 Å². The van der Waals surface area contributed by atoms with E-state index >= 15 is 0 Å². The molecule has 2 atom stereocenters. The second-order valence-corrected chi connectivity index (χ2v) is 10.9. The lowest BCUT2D eigenvalue weighted by Gasteiger charge is -2.40. The Balaban J connectivity index is 0. The first-order chi connectivity index (χ1) is 15.9. The number of amides is 1. The number of aliphatic hydroxyl groups is 1. The third-order valence-electron chi connectivity index (χ3n) is 7.49. The van der Waals surface area contributed by atoms with Crippen molar-refractivity contribution in [1.82, 2.24) is 5.32 Å². The highest BCUT2D eigenvalue weighted by Crippen LogP contribution is 2.15. The van der Waals surface area contributed by atoms with Crippen molar-refractivity contribution in [2.75, 3.05) is 14.1 Å². The molecule has 0 aromatic rings. The van der Waals surface area contributed by atoms with E-state index in [0.717, 1.165) is 19.3 Å². The van der Waals surface area contributed by atoms with Crippen molar-refractivity contribution < 1.29 is 26.8 Å². The predicted octanol–water partition coefficient (Wildman–Crippen LogP) is 5.08. The molecule has 206 valence electrons. The van der Waals surface area contributed by atoms with Gasteiger partial charge in [-0.3, -0.25) is 9.28 Å². The lowest BCUT2D eigenvalue weighted by Crippen LogP contribution is -3.00. The molecule has 0 saturated carbocycles. The molecule has 0 saturated heterocycles. The van der Waals surface area contributed by atoms with E-state index in [0.29, 0.717) is 10.9 Å². The fourth-order valence-electron chi connectivity index (χ4n) is 4.62. The summed E-state index contributed by atoms with van der Waals surface area (Å²) in [5, 5.41) is 13.1. The molecule has 5 heteroatoms. The van der Waals surface area contributed by atoms with Gasteiger partial charge in [0.15, 0.2) is 12.4 Å². The van der Waals surface area contributed by atoms with Crippen LogP contribution >= 0.6 is 0 Å². The molecule has 0 spiro atoms. The van der Waals surface area contributed by atoms with E-state index < -0.39 is 6.23 Å². The first-order valence-corrected chi connectivity index (χ1v) is 14.7.